The van der Waals surface area contributed by atoms with E-state index in [0.717, 1.165) is 5.56 Å². The first-order valence-electron chi connectivity index (χ1n) is 4.36. The van der Waals surface area contributed by atoms with Gasteiger partial charge in [0.2, 0.25) is 5.91 Å². The van der Waals surface area contributed by atoms with Gasteiger partial charge < -0.3 is 15.2 Å². The van der Waals surface area contributed by atoms with Crippen molar-refractivity contribution in [2.75, 3.05) is 13.0 Å². The summed E-state index contributed by atoms with van der Waals surface area (Å²) in [4.78, 5) is 10.9. The number of ether oxygens (including phenoxy) is 1. The van der Waals surface area contributed by atoms with Crippen LogP contribution in [0.1, 0.15) is 5.56 Å². The summed E-state index contributed by atoms with van der Waals surface area (Å²) in [5, 5.41) is 12.0. The third-order valence-corrected chi connectivity index (χ3v) is 2.10. The Hall–Kier alpha value is -1.42. The Morgan fingerprint density at radius 3 is 2.87 bits per heavy atom. The highest BCUT2D eigenvalue weighted by Gasteiger charge is 2.03. The van der Waals surface area contributed by atoms with Crippen molar-refractivity contribution in [3.05, 3.63) is 23.8 Å². The molecule has 1 aromatic rings. The van der Waals surface area contributed by atoms with E-state index >= 15 is 0 Å². The van der Waals surface area contributed by atoms with E-state index in [1.54, 1.807) is 12.1 Å². The van der Waals surface area contributed by atoms with Gasteiger partial charge in [-0.25, -0.2) is 0 Å². The van der Waals surface area contributed by atoms with Crippen LogP contribution in [0.3, 0.4) is 0 Å². The molecular weight excluding hydrogens is 218 g/mol. The fraction of sp³-hybridized carbons (Fsp3) is 0.300. The molecular formula is C10H12ClNO3. The number of hydrogen-bond acceptors (Lipinski definition) is 3. The molecule has 0 atom stereocenters. The maximum Gasteiger partial charge on any atom is 0.235 e. The molecule has 82 valence electrons. The lowest BCUT2D eigenvalue weighted by molar-refractivity contribution is -0.118. The molecule has 0 heterocycles. The molecule has 1 rings (SSSR count). The predicted molar refractivity (Wildman–Crippen MR) is 57.2 cm³/mol. The quantitative estimate of drug-likeness (QED) is 0.765. The van der Waals surface area contributed by atoms with E-state index in [2.05, 4.69) is 5.32 Å². The maximum atomic E-state index is 10.9. The Bertz CT molecular complexity index is 355. The van der Waals surface area contributed by atoms with Gasteiger partial charge in [-0.15, -0.1) is 11.6 Å². The summed E-state index contributed by atoms with van der Waals surface area (Å²) in [5.41, 5.74) is 0.784. The van der Waals surface area contributed by atoms with Crippen LogP contribution in [0.4, 0.5) is 0 Å². The number of aromatic hydroxyl groups is 1. The molecule has 0 aliphatic carbocycles. The second-order valence-electron chi connectivity index (χ2n) is 2.92. The zero-order chi connectivity index (χ0) is 11.3. The van der Waals surface area contributed by atoms with Crippen LogP contribution in [0.15, 0.2) is 18.2 Å². The number of carbonyl (C=O) groups is 1. The molecule has 2 N–H and O–H groups in total. The number of phenols is 1. The van der Waals surface area contributed by atoms with Crippen LogP contribution >= 0.6 is 11.6 Å². The summed E-state index contributed by atoms with van der Waals surface area (Å²) in [6, 6.07) is 4.93. The first kappa shape index (κ1) is 11.7. The molecule has 0 aromatic heterocycles. The number of phenolic OH excluding ortho intramolecular Hbond substituents is 1. The van der Waals surface area contributed by atoms with Gasteiger partial charge in [0.05, 0.1) is 7.11 Å². The van der Waals surface area contributed by atoms with Crippen molar-refractivity contribution in [3.63, 3.8) is 0 Å². The van der Waals surface area contributed by atoms with Gasteiger partial charge in [0.15, 0.2) is 11.5 Å². The average molecular weight is 230 g/mol. The van der Waals surface area contributed by atoms with E-state index in [0.29, 0.717) is 12.3 Å². The number of methoxy groups -OCH3 is 1. The van der Waals surface area contributed by atoms with Gasteiger partial charge in [-0.1, -0.05) is 6.07 Å². The molecule has 15 heavy (non-hydrogen) atoms. The fourth-order valence-corrected chi connectivity index (χ4v) is 1.19. The molecule has 0 bridgehead atoms. The van der Waals surface area contributed by atoms with Gasteiger partial charge in [-0.3, -0.25) is 4.79 Å². The minimum absolute atomic E-state index is 0.0510. The van der Waals surface area contributed by atoms with Crippen molar-refractivity contribution in [1.82, 2.24) is 5.32 Å². The third-order valence-electron chi connectivity index (χ3n) is 1.85. The molecule has 0 saturated heterocycles. The summed E-state index contributed by atoms with van der Waals surface area (Å²) in [5.74, 6) is 0.145. The van der Waals surface area contributed by atoms with Crippen LogP contribution in [0.5, 0.6) is 11.5 Å². The summed E-state index contributed by atoms with van der Waals surface area (Å²) in [6.07, 6.45) is 0. The number of alkyl halides is 1. The van der Waals surface area contributed by atoms with E-state index in [1.165, 1.54) is 13.2 Å². The minimum atomic E-state index is -0.244. The van der Waals surface area contributed by atoms with E-state index < -0.39 is 0 Å². The number of rotatable bonds is 4. The molecule has 0 aliphatic heterocycles. The molecule has 0 unspecified atom stereocenters. The number of hydrogen-bond donors (Lipinski definition) is 2. The van der Waals surface area contributed by atoms with Gasteiger partial charge in [0, 0.05) is 6.54 Å². The standard InChI is InChI=1S/C10H12ClNO3/c1-15-9-3-2-7(4-8(9)13)6-12-10(14)5-11/h2-4,13H,5-6H2,1H3,(H,12,14). The zero-order valence-corrected chi connectivity index (χ0v) is 9.04. The number of amides is 1. The molecule has 4 nitrogen and oxygen atoms in total. The minimum Gasteiger partial charge on any atom is -0.504 e. The number of nitrogens with one attached hydrogen (secondary N) is 1. The second-order valence-corrected chi connectivity index (χ2v) is 3.18. The van der Waals surface area contributed by atoms with E-state index in [9.17, 15) is 9.90 Å². The van der Waals surface area contributed by atoms with Crippen LogP contribution in [0, 0.1) is 0 Å². The molecule has 0 spiro atoms. The second kappa shape index (κ2) is 5.46. The van der Waals surface area contributed by atoms with Gasteiger partial charge in [0.1, 0.15) is 5.88 Å². The van der Waals surface area contributed by atoms with Gasteiger partial charge >= 0.3 is 0 Å². The predicted octanol–water partition coefficient (Wildman–Crippen LogP) is 1.26. The van der Waals surface area contributed by atoms with Crippen molar-refractivity contribution < 1.29 is 14.6 Å². The summed E-state index contributed by atoms with van der Waals surface area (Å²) in [6.45, 7) is 0.336. The molecule has 0 aliphatic rings. The Labute approximate surface area is 92.8 Å². The molecule has 0 fully saturated rings. The molecule has 1 aromatic carbocycles. The van der Waals surface area contributed by atoms with Gasteiger partial charge in [-0.2, -0.15) is 0 Å². The van der Waals surface area contributed by atoms with Crippen molar-refractivity contribution >= 4 is 17.5 Å². The molecule has 5 heteroatoms. The Balaban J connectivity index is 2.63. The lowest BCUT2D eigenvalue weighted by atomic mass is 10.2. The normalized spacial score (nSPS) is 9.73. The Kier molecular flexibility index (Phi) is 4.24. The van der Waals surface area contributed by atoms with Crippen molar-refractivity contribution in [3.8, 4) is 11.5 Å². The largest absolute Gasteiger partial charge is 0.504 e. The highest BCUT2D eigenvalue weighted by molar-refractivity contribution is 6.27. The number of carbonyl (C=O) groups excluding carboxylic acids is 1. The fourth-order valence-electron chi connectivity index (χ4n) is 1.09. The summed E-state index contributed by atoms with van der Waals surface area (Å²) in [7, 11) is 1.48. The van der Waals surface area contributed by atoms with Crippen LogP contribution in [0.25, 0.3) is 0 Å². The van der Waals surface area contributed by atoms with Crippen LogP contribution in [0.2, 0.25) is 0 Å². The van der Waals surface area contributed by atoms with Crippen molar-refractivity contribution in [2.45, 2.75) is 6.54 Å². The highest BCUT2D eigenvalue weighted by atomic mass is 35.5. The SMILES string of the molecule is COc1ccc(CNC(=O)CCl)cc1O. The third kappa shape index (κ3) is 3.32. The van der Waals surface area contributed by atoms with Crippen LogP contribution in [-0.2, 0) is 11.3 Å². The van der Waals surface area contributed by atoms with E-state index in [-0.39, 0.29) is 17.5 Å². The number of halogens is 1. The summed E-state index contributed by atoms with van der Waals surface area (Å²) >= 11 is 5.32. The molecule has 1 amide bonds. The van der Waals surface area contributed by atoms with Gasteiger partial charge in [-0.05, 0) is 17.7 Å². The Morgan fingerprint density at radius 2 is 2.33 bits per heavy atom. The van der Waals surface area contributed by atoms with Crippen molar-refractivity contribution in [2.24, 2.45) is 0 Å². The molecule has 0 radical (unpaired) electrons. The zero-order valence-electron chi connectivity index (χ0n) is 8.29. The van der Waals surface area contributed by atoms with Gasteiger partial charge in [0.25, 0.3) is 0 Å². The Morgan fingerprint density at radius 1 is 1.60 bits per heavy atom. The van der Waals surface area contributed by atoms with E-state index in [1.807, 2.05) is 0 Å². The lowest BCUT2D eigenvalue weighted by Gasteiger charge is -2.06. The number of benzene rings is 1. The van der Waals surface area contributed by atoms with Crippen LogP contribution in [-0.4, -0.2) is 24.0 Å². The average Bonchev–Trinajstić information content (AvgIpc) is 2.26. The first-order valence-corrected chi connectivity index (χ1v) is 4.89. The summed E-state index contributed by atoms with van der Waals surface area (Å²) < 4.78 is 4.89. The molecule has 0 saturated carbocycles. The smallest absolute Gasteiger partial charge is 0.235 e. The topological polar surface area (TPSA) is 58.6 Å². The first-order chi connectivity index (χ1) is 7.17. The van der Waals surface area contributed by atoms with Crippen molar-refractivity contribution in [1.29, 1.82) is 0 Å². The lowest BCUT2D eigenvalue weighted by Crippen LogP contribution is -2.23. The highest BCUT2D eigenvalue weighted by Crippen LogP contribution is 2.25. The van der Waals surface area contributed by atoms with E-state index in [4.69, 9.17) is 16.3 Å². The monoisotopic (exact) mass is 229 g/mol. The van der Waals surface area contributed by atoms with Crippen LogP contribution < -0.4 is 10.1 Å². The maximum absolute atomic E-state index is 10.9.